The Morgan fingerprint density at radius 2 is 2.33 bits per heavy atom. The lowest BCUT2D eigenvalue weighted by atomic mass is 10.5. The van der Waals surface area contributed by atoms with Gasteiger partial charge < -0.3 is 4.79 Å². The minimum absolute atomic E-state index is 0.287. The fourth-order valence-electron chi connectivity index (χ4n) is 0.0556. The van der Waals surface area contributed by atoms with E-state index in [-0.39, 0.29) is 5.25 Å². The Morgan fingerprint density at radius 3 is 2.33 bits per heavy atom. The molecule has 0 rings (SSSR count). The van der Waals surface area contributed by atoms with E-state index in [0.717, 1.165) is 6.29 Å². The monoisotopic (exact) mass is 102 g/mol. The zero-order valence-corrected chi connectivity index (χ0v) is 4.19. The maximum absolute atomic E-state index is 9.59. The Labute approximate surface area is 42.5 Å². The highest BCUT2D eigenvalue weighted by molar-refractivity contribution is 7.81. The number of carbonyl (C=O) groups is 1. The van der Waals surface area contributed by atoms with Crippen molar-refractivity contribution < 1.29 is 4.79 Å². The van der Waals surface area contributed by atoms with Crippen LogP contribution in [0.4, 0.5) is 0 Å². The Hall–Kier alpha value is -0.240. The van der Waals surface area contributed by atoms with Gasteiger partial charge in [0.05, 0.1) is 5.25 Å². The molecule has 0 heterocycles. The van der Waals surface area contributed by atoms with E-state index in [1.165, 1.54) is 6.08 Å². The average molecular weight is 102 g/mol. The van der Waals surface area contributed by atoms with Crippen LogP contribution in [0.5, 0.6) is 0 Å². The van der Waals surface area contributed by atoms with E-state index >= 15 is 0 Å². The van der Waals surface area contributed by atoms with Crippen molar-refractivity contribution in [3.8, 4) is 0 Å². The van der Waals surface area contributed by atoms with Gasteiger partial charge in [-0.3, -0.25) is 0 Å². The Balaban J connectivity index is 3.21. The molecule has 0 aromatic heterocycles. The lowest BCUT2D eigenvalue weighted by molar-refractivity contribution is -0.106. The molecule has 0 aliphatic carbocycles. The quantitative estimate of drug-likeness (QED) is 0.308. The van der Waals surface area contributed by atoms with E-state index in [9.17, 15) is 4.79 Å². The van der Waals surface area contributed by atoms with Gasteiger partial charge in [0.25, 0.3) is 0 Å². The molecule has 0 aliphatic heterocycles. The molecule has 1 nitrogen and oxygen atoms in total. The number of thiol groups is 1. The van der Waals surface area contributed by atoms with Crippen molar-refractivity contribution in [1.29, 1.82) is 0 Å². The van der Waals surface area contributed by atoms with Crippen molar-refractivity contribution in [2.24, 2.45) is 0 Å². The van der Waals surface area contributed by atoms with Crippen molar-refractivity contribution in [3.05, 3.63) is 12.7 Å². The lowest BCUT2D eigenvalue weighted by Gasteiger charge is -1.82. The summed E-state index contributed by atoms with van der Waals surface area (Å²) >= 11 is 3.74. The molecule has 1 unspecified atom stereocenters. The molecule has 0 amide bonds. The molecular formula is C4H6OS. The summed E-state index contributed by atoms with van der Waals surface area (Å²) in [5, 5.41) is -0.287. The first-order chi connectivity index (χ1) is 2.81. The first kappa shape index (κ1) is 5.76. The van der Waals surface area contributed by atoms with Gasteiger partial charge in [0.1, 0.15) is 6.29 Å². The predicted octanol–water partition coefficient (Wildman–Crippen LogP) is 0.670. The van der Waals surface area contributed by atoms with Crippen LogP contribution in [0, 0.1) is 0 Å². The summed E-state index contributed by atoms with van der Waals surface area (Å²) in [4.78, 5) is 9.59. The molecule has 2 heteroatoms. The van der Waals surface area contributed by atoms with E-state index in [1.54, 1.807) is 0 Å². The van der Waals surface area contributed by atoms with Crippen molar-refractivity contribution in [1.82, 2.24) is 0 Å². The van der Waals surface area contributed by atoms with Crippen molar-refractivity contribution in [2.45, 2.75) is 5.25 Å². The summed E-state index contributed by atoms with van der Waals surface area (Å²) in [7, 11) is 0. The maximum Gasteiger partial charge on any atom is 0.136 e. The summed E-state index contributed by atoms with van der Waals surface area (Å²) in [5.41, 5.74) is 0. The minimum atomic E-state index is -0.287. The number of hydrogen-bond acceptors (Lipinski definition) is 2. The largest absolute Gasteiger partial charge is 0.302 e. The second kappa shape index (κ2) is 2.97. The summed E-state index contributed by atoms with van der Waals surface area (Å²) in [6.07, 6.45) is 2.19. The van der Waals surface area contributed by atoms with Crippen LogP contribution in [0.3, 0.4) is 0 Å². The maximum atomic E-state index is 9.59. The van der Waals surface area contributed by atoms with Crippen LogP contribution in [-0.2, 0) is 4.79 Å². The summed E-state index contributed by atoms with van der Waals surface area (Å²) in [6.45, 7) is 3.32. The molecule has 0 aromatic carbocycles. The highest BCUT2D eigenvalue weighted by Crippen LogP contribution is 1.86. The van der Waals surface area contributed by atoms with Gasteiger partial charge in [-0.1, -0.05) is 6.08 Å². The van der Waals surface area contributed by atoms with E-state index in [2.05, 4.69) is 19.2 Å². The van der Waals surface area contributed by atoms with Gasteiger partial charge in [0.15, 0.2) is 0 Å². The zero-order chi connectivity index (χ0) is 4.99. The van der Waals surface area contributed by atoms with Crippen LogP contribution in [-0.4, -0.2) is 11.5 Å². The van der Waals surface area contributed by atoms with Gasteiger partial charge in [0.2, 0.25) is 0 Å². The molecule has 0 bridgehead atoms. The van der Waals surface area contributed by atoms with E-state index in [1.807, 2.05) is 0 Å². The number of hydrogen-bond donors (Lipinski definition) is 1. The minimum Gasteiger partial charge on any atom is -0.302 e. The fourth-order valence-corrected chi connectivity index (χ4v) is 0.0556. The van der Waals surface area contributed by atoms with Gasteiger partial charge >= 0.3 is 0 Å². The van der Waals surface area contributed by atoms with Crippen molar-refractivity contribution in [3.63, 3.8) is 0 Å². The lowest BCUT2D eigenvalue weighted by Crippen LogP contribution is -1.90. The Morgan fingerprint density at radius 1 is 1.83 bits per heavy atom. The topological polar surface area (TPSA) is 17.1 Å². The van der Waals surface area contributed by atoms with Gasteiger partial charge in [-0.15, -0.1) is 6.58 Å². The molecule has 0 aliphatic rings. The highest BCUT2D eigenvalue weighted by atomic mass is 32.1. The normalized spacial score (nSPS) is 12.8. The van der Waals surface area contributed by atoms with Gasteiger partial charge in [-0.25, -0.2) is 0 Å². The molecule has 0 radical (unpaired) electrons. The molecule has 0 saturated carbocycles. The third kappa shape index (κ3) is 2.03. The van der Waals surface area contributed by atoms with E-state index in [0.29, 0.717) is 0 Å². The second-order valence-corrected chi connectivity index (χ2v) is 1.46. The van der Waals surface area contributed by atoms with E-state index < -0.39 is 0 Å². The average Bonchev–Trinajstić information content (AvgIpc) is 1.65. The zero-order valence-electron chi connectivity index (χ0n) is 3.29. The standard InChI is InChI=1S/C4H6OS/c1-2-4(6)3-5/h2-4,6H,1H2. The molecule has 1 atom stereocenters. The first-order valence-corrected chi connectivity index (χ1v) is 2.09. The first-order valence-electron chi connectivity index (χ1n) is 1.57. The summed E-state index contributed by atoms with van der Waals surface area (Å²) < 4.78 is 0. The third-order valence-electron chi connectivity index (χ3n) is 0.381. The molecule has 0 fully saturated rings. The van der Waals surface area contributed by atoms with Crippen LogP contribution >= 0.6 is 12.6 Å². The third-order valence-corrected chi connectivity index (χ3v) is 0.713. The van der Waals surface area contributed by atoms with Crippen LogP contribution < -0.4 is 0 Å². The predicted molar refractivity (Wildman–Crippen MR) is 29.0 cm³/mol. The van der Waals surface area contributed by atoms with Crippen molar-refractivity contribution >= 4 is 18.9 Å². The SMILES string of the molecule is C=CC(S)C=O. The summed E-state index contributed by atoms with van der Waals surface area (Å²) in [5.74, 6) is 0. The second-order valence-electron chi connectivity index (χ2n) is 0.862. The molecule has 0 N–H and O–H groups in total. The fraction of sp³-hybridized carbons (Fsp3) is 0.250. The Bertz CT molecular complexity index is 52.6. The van der Waals surface area contributed by atoms with Crippen LogP contribution in [0.25, 0.3) is 0 Å². The van der Waals surface area contributed by atoms with Gasteiger partial charge in [-0.2, -0.15) is 12.6 Å². The Kier molecular flexibility index (Phi) is 2.85. The van der Waals surface area contributed by atoms with Crippen LogP contribution in [0.1, 0.15) is 0 Å². The van der Waals surface area contributed by atoms with Crippen molar-refractivity contribution in [2.75, 3.05) is 0 Å². The molecule has 6 heavy (non-hydrogen) atoms. The molecule has 0 spiro atoms. The van der Waals surface area contributed by atoms with Crippen LogP contribution in [0.2, 0.25) is 0 Å². The molecule has 0 aromatic rings. The van der Waals surface area contributed by atoms with Gasteiger partial charge in [0, 0.05) is 0 Å². The number of carbonyl (C=O) groups excluding carboxylic acids is 1. The molecule has 34 valence electrons. The van der Waals surface area contributed by atoms with Crippen LogP contribution in [0.15, 0.2) is 12.7 Å². The van der Waals surface area contributed by atoms with E-state index in [4.69, 9.17) is 0 Å². The highest BCUT2D eigenvalue weighted by Gasteiger charge is 1.85. The number of aldehydes is 1. The smallest absolute Gasteiger partial charge is 0.136 e. The summed E-state index contributed by atoms with van der Waals surface area (Å²) in [6, 6.07) is 0. The molecule has 0 saturated heterocycles. The molecular weight excluding hydrogens is 96.1 g/mol. The number of rotatable bonds is 2. The van der Waals surface area contributed by atoms with Gasteiger partial charge in [-0.05, 0) is 0 Å².